The molecule has 1 atom stereocenters. The zero-order chi connectivity index (χ0) is 14.8. The average Bonchev–Trinajstić information content (AvgIpc) is 3.03. The Hall–Kier alpha value is -1.26. The first-order chi connectivity index (χ1) is 10.1. The normalized spacial score (nSPS) is 22.7. The molecule has 0 radical (unpaired) electrons. The van der Waals surface area contributed by atoms with Crippen molar-refractivity contribution in [1.29, 1.82) is 0 Å². The summed E-state index contributed by atoms with van der Waals surface area (Å²) in [5.41, 5.74) is 2.42. The molecule has 2 aliphatic heterocycles. The van der Waals surface area contributed by atoms with Crippen LogP contribution in [-0.4, -0.2) is 49.6 Å². The molecule has 2 heterocycles. The maximum atomic E-state index is 12.4. The van der Waals surface area contributed by atoms with Crippen molar-refractivity contribution in [1.82, 2.24) is 10.2 Å². The summed E-state index contributed by atoms with van der Waals surface area (Å²) >= 11 is 6.10. The van der Waals surface area contributed by atoms with Crippen LogP contribution in [0, 0.1) is 6.92 Å². The largest absolute Gasteiger partial charge is 0.368 e. The predicted molar refractivity (Wildman–Crippen MR) is 86.0 cm³/mol. The van der Waals surface area contributed by atoms with Crippen LogP contribution in [0.1, 0.15) is 18.4 Å². The summed E-state index contributed by atoms with van der Waals surface area (Å²) in [6.45, 7) is 6.41. The predicted octanol–water partition coefficient (Wildman–Crippen LogP) is 2.05. The Morgan fingerprint density at radius 2 is 2.05 bits per heavy atom. The van der Waals surface area contributed by atoms with E-state index in [1.807, 2.05) is 17.0 Å². The molecule has 1 aromatic carbocycles. The van der Waals surface area contributed by atoms with E-state index < -0.39 is 0 Å². The van der Waals surface area contributed by atoms with Gasteiger partial charge in [0.05, 0.1) is 6.04 Å². The molecule has 0 aliphatic carbocycles. The summed E-state index contributed by atoms with van der Waals surface area (Å²) < 4.78 is 0. The van der Waals surface area contributed by atoms with Crippen LogP contribution >= 0.6 is 11.6 Å². The highest BCUT2D eigenvalue weighted by molar-refractivity contribution is 6.30. The lowest BCUT2D eigenvalue weighted by molar-refractivity contribution is -0.133. The molecule has 2 saturated heterocycles. The van der Waals surface area contributed by atoms with E-state index in [0.717, 1.165) is 50.6 Å². The molecule has 0 bridgehead atoms. The summed E-state index contributed by atoms with van der Waals surface area (Å²) in [5.74, 6) is 0.273. The van der Waals surface area contributed by atoms with Crippen LogP contribution < -0.4 is 10.2 Å². The summed E-state index contributed by atoms with van der Waals surface area (Å²) in [6.07, 6.45) is 2.09. The Morgan fingerprint density at radius 3 is 2.71 bits per heavy atom. The summed E-state index contributed by atoms with van der Waals surface area (Å²) in [6, 6.07) is 6.04. The molecule has 1 N–H and O–H groups in total. The number of carbonyl (C=O) groups is 1. The van der Waals surface area contributed by atoms with E-state index in [9.17, 15) is 4.79 Å². The standard InChI is InChI=1S/C16H22ClN3O/c1-12-4-5-13(17)11-15(12)19-7-9-20(10-8-19)16(21)14-3-2-6-18-14/h4-5,11,14,18H,2-3,6-10H2,1H3/t14-/m0/s1. The van der Waals surface area contributed by atoms with Gasteiger partial charge < -0.3 is 15.1 Å². The van der Waals surface area contributed by atoms with E-state index in [1.54, 1.807) is 0 Å². The number of piperazine rings is 1. The Labute approximate surface area is 131 Å². The Bertz CT molecular complexity index is 520. The monoisotopic (exact) mass is 307 g/mol. The lowest BCUT2D eigenvalue weighted by Crippen LogP contribution is -2.53. The third kappa shape index (κ3) is 3.16. The lowest BCUT2D eigenvalue weighted by atomic mass is 10.1. The highest BCUT2D eigenvalue weighted by Crippen LogP contribution is 2.25. The van der Waals surface area contributed by atoms with Gasteiger partial charge in [0.25, 0.3) is 0 Å². The lowest BCUT2D eigenvalue weighted by Gasteiger charge is -2.37. The molecular formula is C16H22ClN3O. The molecule has 2 aliphatic rings. The number of hydrogen-bond donors (Lipinski definition) is 1. The van der Waals surface area contributed by atoms with Crippen molar-refractivity contribution in [2.24, 2.45) is 0 Å². The molecule has 4 nitrogen and oxygen atoms in total. The molecule has 0 unspecified atom stereocenters. The second-order valence-electron chi connectivity index (χ2n) is 5.89. The molecule has 0 aromatic heterocycles. The molecule has 5 heteroatoms. The molecule has 1 aromatic rings. The van der Waals surface area contributed by atoms with Crippen molar-refractivity contribution in [2.45, 2.75) is 25.8 Å². The third-order valence-electron chi connectivity index (χ3n) is 4.46. The molecule has 2 fully saturated rings. The molecule has 3 rings (SSSR count). The highest BCUT2D eigenvalue weighted by Gasteiger charge is 2.29. The van der Waals surface area contributed by atoms with Crippen molar-refractivity contribution in [3.05, 3.63) is 28.8 Å². The SMILES string of the molecule is Cc1ccc(Cl)cc1N1CCN(C(=O)[C@@H]2CCCN2)CC1. The molecule has 0 spiro atoms. The van der Waals surface area contributed by atoms with Crippen LogP contribution in [-0.2, 0) is 4.79 Å². The van der Waals surface area contributed by atoms with Gasteiger partial charge in [-0.15, -0.1) is 0 Å². The third-order valence-corrected chi connectivity index (χ3v) is 4.70. The summed E-state index contributed by atoms with van der Waals surface area (Å²) in [4.78, 5) is 16.7. The van der Waals surface area contributed by atoms with Crippen molar-refractivity contribution in [2.75, 3.05) is 37.6 Å². The number of anilines is 1. The zero-order valence-electron chi connectivity index (χ0n) is 12.4. The van der Waals surface area contributed by atoms with Gasteiger partial charge in [0, 0.05) is 36.9 Å². The van der Waals surface area contributed by atoms with Gasteiger partial charge in [-0.25, -0.2) is 0 Å². The van der Waals surface area contributed by atoms with Crippen molar-refractivity contribution in [3.63, 3.8) is 0 Å². The van der Waals surface area contributed by atoms with Gasteiger partial charge in [-0.05, 0) is 44.0 Å². The van der Waals surface area contributed by atoms with Crippen molar-refractivity contribution >= 4 is 23.2 Å². The molecular weight excluding hydrogens is 286 g/mol. The number of nitrogens with one attached hydrogen (secondary N) is 1. The van der Waals surface area contributed by atoms with Crippen molar-refractivity contribution in [3.8, 4) is 0 Å². The van der Waals surface area contributed by atoms with Gasteiger partial charge in [0.2, 0.25) is 5.91 Å². The first kappa shape index (κ1) is 14.7. The summed E-state index contributed by atoms with van der Waals surface area (Å²) in [7, 11) is 0. The number of hydrogen-bond acceptors (Lipinski definition) is 3. The molecule has 21 heavy (non-hydrogen) atoms. The maximum Gasteiger partial charge on any atom is 0.239 e. The van der Waals surface area contributed by atoms with Crippen LogP contribution in [0.15, 0.2) is 18.2 Å². The topological polar surface area (TPSA) is 35.6 Å². The molecule has 114 valence electrons. The van der Waals surface area contributed by atoms with Crippen LogP contribution in [0.2, 0.25) is 5.02 Å². The number of aryl methyl sites for hydroxylation is 1. The van der Waals surface area contributed by atoms with E-state index in [0.29, 0.717) is 0 Å². The Balaban J connectivity index is 1.62. The van der Waals surface area contributed by atoms with Gasteiger partial charge in [0.1, 0.15) is 0 Å². The quantitative estimate of drug-likeness (QED) is 0.908. The van der Waals surface area contributed by atoms with Crippen LogP contribution in [0.3, 0.4) is 0 Å². The Morgan fingerprint density at radius 1 is 1.29 bits per heavy atom. The van der Waals surface area contributed by atoms with Gasteiger partial charge >= 0.3 is 0 Å². The van der Waals surface area contributed by atoms with E-state index in [4.69, 9.17) is 11.6 Å². The van der Waals surface area contributed by atoms with Gasteiger partial charge in [-0.2, -0.15) is 0 Å². The zero-order valence-corrected chi connectivity index (χ0v) is 13.2. The maximum absolute atomic E-state index is 12.4. The highest BCUT2D eigenvalue weighted by atomic mass is 35.5. The first-order valence-corrected chi connectivity index (χ1v) is 8.06. The minimum Gasteiger partial charge on any atom is -0.368 e. The fraction of sp³-hybridized carbons (Fsp3) is 0.562. The number of amides is 1. The fourth-order valence-electron chi connectivity index (χ4n) is 3.21. The number of nitrogens with zero attached hydrogens (tertiary/aromatic N) is 2. The average molecular weight is 308 g/mol. The second-order valence-corrected chi connectivity index (χ2v) is 6.33. The number of benzene rings is 1. The summed E-state index contributed by atoms with van der Waals surface area (Å²) in [5, 5.41) is 4.06. The minimum absolute atomic E-state index is 0.0458. The van der Waals surface area contributed by atoms with Gasteiger partial charge in [-0.3, -0.25) is 4.79 Å². The van der Waals surface area contributed by atoms with Gasteiger partial charge in [0.15, 0.2) is 0 Å². The number of carbonyl (C=O) groups excluding carboxylic acids is 1. The van der Waals surface area contributed by atoms with Gasteiger partial charge in [-0.1, -0.05) is 17.7 Å². The Kier molecular flexibility index (Phi) is 4.36. The van der Waals surface area contributed by atoms with E-state index in [2.05, 4.69) is 23.2 Å². The number of halogens is 1. The molecule has 0 saturated carbocycles. The van der Waals surface area contributed by atoms with E-state index in [1.165, 1.54) is 11.3 Å². The number of rotatable bonds is 2. The van der Waals surface area contributed by atoms with Crippen molar-refractivity contribution < 1.29 is 4.79 Å². The second kappa shape index (κ2) is 6.24. The van der Waals surface area contributed by atoms with Crippen LogP contribution in [0.25, 0.3) is 0 Å². The molecule has 1 amide bonds. The van der Waals surface area contributed by atoms with Crippen LogP contribution in [0.5, 0.6) is 0 Å². The van der Waals surface area contributed by atoms with E-state index in [-0.39, 0.29) is 11.9 Å². The first-order valence-electron chi connectivity index (χ1n) is 7.68. The minimum atomic E-state index is 0.0458. The van der Waals surface area contributed by atoms with Crippen LogP contribution in [0.4, 0.5) is 5.69 Å². The van der Waals surface area contributed by atoms with E-state index >= 15 is 0 Å². The fourth-order valence-corrected chi connectivity index (χ4v) is 3.37. The smallest absolute Gasteiger partial charge is 0.239 e.